The quantitative estimate of drug-likeness (QED) is 0.607. The third-order valence-corrected chi connectivity index (χ3v) is 7.84. The van der Waals surface area contributed by atoms with Crippen molar-refractivity contribution < 1.29 is 26.4 Å². The summed E-state index contributed by atoms with van der Waals surface area (Å²) in [6.07, 6.45) is -2.57. The van der Waals surface area contributed by atoms with Crippen LogP contribution in [0.4, 0.5) is 18.9 Å². The Labute approximate surface area is 189 Å². The van der Waals surface area contributed by atoms with Crippen LogP contribution in [0.2, 0.25) is 0 Å². The zero-order valence-corrected chi connectivity index (χ0v) is 19.1. The van der Waals surface area contributed by atoms with E-state index in [4.69, 9.17) is 0 Å². The number of sulfonamides is 1. The van der Waals surface area contributed by atoms with E-state index in [1.54, 1.807) is 23.1 Å². The molecular weight excluding hydrogens is 463 g/mol. The smallest absolute Gasteiger partial charge is 0.369 e. The molecule has 2 aromatic rings. The van der Waals surface area contributed by atoms with Gasteiger partial charge < -0.3 is 10.2 Å². The minimum atomic E-state index is -4.43. The van der Waals surface area contributed by atoms with Crippen LogP contribution in [0, 0.1) is 0 Å². The third kappa shape index (κ3) is 5.96. The summed E-state index contributed by atoms with van der Waals surface area (Å²) in [7, 11) is -3.61. The van der Waals surface area contributed by atoms with Crippen molar-refractivity contribution in [2.45, 2.75) is 11.1 Å². The first-order valence-corrected chi connectivity index (χ1v) is 12.8. The zero-order chi connectivity index (χ0) is 23.4. The second-order valence-electron chi connectivity index (χ2n) is 7.21. The van der Waals surface area contributed by atoms with Gasteiger partial charge in [0, 0.05) is 43.3 Å². The molecule has 1 aliphatic heterocycles. The lowest BCUT2D eigenvalue weighted by molar-refractivity contribution is -0.137. The van der Waals surface area contributed by atoms with Crippen LogP contribution >= 0.6 is 11.8 Å². The number of hydrogen-bond donors (Lipinski definition) is 1. The Morgan fingerprint density at radius 2 is 1.75 bits per heavy atom. The lowest BCUT2D eigenvalue weighted by atomic mass is 10.1. The van der Waals surface area contributed by atoms with Crippen molar-refractivity contribution in [3.8, 4) is 0 Å². The fourth-order valence-electron chi connectivity index (χ4n) is 3.45. The predicted octanol–water partition coefficient (Wildman–Crippen LogP) is 3.31. The normalized spacial score (nSPS) is 15.6. The molecule has 0 aliphatic carbocycles. The van der Waals surface area contributed by atoms with E-state index in [-0.39, 0.29) is 44.4 Å². The first kappa shape index (κ1) is 24.4. The second-order valence-corrected chi connectivity index (χ2v) is 10.1. The van der Waals surface area contributed by atoms with Gasteiger partial charge in [-0.2, -0.15) is 17.5 Å². The Bertz CT molecular complexity index is 1050. The fourth-order valence-corrected chi connectivity index (χ4v) is 5.39. The van der Waals surface area contributed by atoms with Crippen LogP contribution in [-0.4, -0.2) is 63.4 Å². The molecular formula is C21H24F3N3O3S2. The number of piperazine rings is 1. The number of halogens is 3. The Kier molecular flexibility index (Phi) is 7.73. The summed E-state index contributed by atoms with van der Waals surface area (Å²) < 4.78 is 65.5. The van der Waals surface area contributed by atoms with Crippen molar-refractivity contribution in [3.05, 3.63) is 59.7 Å². The van der Waals surface area contributed by atoms with E-state index in [1.807, 2.05) is 18.4 Å². The molecule has 6 nitrogen and oxygen atoms in total. The van der Waals surface area contributed by atoms with E-state index in [9.17, 15) is 26.4 Å². The monoisotopic (exact) mass is 487 g/mol. The van der Waals surface area contributed by atoms with Crippen molar-refractivity contribution in [2.75, 3.05) is 49.6 Å². The summed E-state index contributed by atoms with van der Waals surface area (Å²) in [5.41, 5.74) is 0.174. The summed E-state index contributed by atoms with van der Waals surface area (Å²) in [6.45, 7) is 0.878. The fraction of sp³-hybridized carbons (Fsp3) is 0.381. The van der Waals surface area contributed by atoms with Gasteiger partial charge in [-0.1, -0.05) is 18.2 Å². The van der Waals surface area contributed by atoms with Crippen molar-refractivity contribution in [3.63, 3.8) is 0 Å². The number of nitrogens with zero attached hydrogens (tertiary/aromatic N) is 2. The van der Waals surface area contributed by atoms with Gasteiger partial charge in [-0.25, -0.2) is 8.42 Å². The number of alkyl halides is 3. The van der Waals surface area contributed by atoms with Gasteiger partial charge in [-0.05, 0) is 36.6 Å². The maximum Gasteiger partial charge on any atom is 0.416 e. The zero-order valence-electron chi connectivity index (χ0n) is 17.4. The first-order valence-electron chi connectivity index (χ1n) is 9.93. The number of nitrogens with one attached hydrogen (secondary N) is 1. The Hall–Kier alpha value is -2.24. The summed E-state index contributed by atoms with van der Waals surface area (Å²) in [5, 5.41) is 2.65. The van der Waals surface area contributed by atoms with E-state index in [0.29, 0.717) is 11.3 Å². The van der Waals surface area contributed by atoms with Gasteiger partial charge in [0.15, 0.2) is 0 Å². The molecule has 0 spiro atoms. The predicted molar refractivity (Wildman–Crippen MR) is 120 cm³/mol. The molecule has 3 rings (SSSR count). The molecule has 32 heavy (non-hydrogen) atoms. The number of hydrogen-bond acceptors (Lipinski definition) is 5. The Morgan fingerprint density at radius 3 is 2.41 bits per heavy atom. The van der Waals surface area contributed by atoms with E-state index in [2.05, 4.69) is 5.32 Å². The van der Waals surface area contributed by atoms with E-state index in [1.165, 1.54) is 22.1 Å². The molecule has 1 amide bonds. The molecule has 0 saturated carbocycles. The SMILES string of the molecule is CSc1ccccc1C(=O)NCCS(=O)(=O)N1CCN(c2cccc(C(F)(F)F)c2)CC1. The van der Waals surface area contributed by atoms with Gasteiger partial charge in [-0.15, -0.1) is 11.8 Å². The van der Waals surface area contributed by atoms with E-state index in [0.717, 1.165) is 17.0 Å². The van der Waals surface area contributed by atoms with E-state index < -0.39 is 21.8 Å². The molecule has 1 saturated heterocycles. The largest absolute Gasteiger partial charge is 0.416 e. The van der Waals surface area contributed by atoms with Crippen LogP contribution in [0.25, 0.3) is 0 Å². The van der Waals surface area contributed by atoms with Crippen molar-refractivity contribution in [1.29, 1.82) is 0 Å². The van der Waals surface area contributed by atoms with Crippen LogP contribution in [-0.2, 0) is 16.2 Å². The van der Waals surface area contributed by atoms with Crippen molar-refractivity contribution in [1.82, 2.24) is 9.62 Å². The van der Waals surface area contributed by atoms with Gasteiger partial charge in [0.2, 0.25) is 10.0 Å². The maximum absolute atomic E-state index is 12.9. The number of carbonyl (C=O) groups is 1. The number of amides is 1. The number of carbonyl (C=O) groups excluding carboxylic acids is 1. The number of benzene rings is 2. The topological polar surface area (TPSA) is 69.7 Å². The third-order valence-electron chi connectivity index (χ3n) is 5.17. The minimum absolute atomic E-state index is 0.0300. The number of anilines is 1. The Balaban J connectivity index is 1.53. The molecule has 1 fully saturated rings. The summed E-state index contributed by atoms with van der Waals surface area (Å²) in [4.78, 5) is 14.9. The molecule has 174 valence electrons. The highest BCUT2D eigenvalue weighted by atomic mass is 32.2. The summed E-state index contributed by atoms with van der Waals surface area (Å²) >= 11 is 1.43. The molecule has 0 atom stereocenters. The van der Waals surface area contributed by atoms with Gasteiger partial charge in [0.1, 0.15) is 0 Å². The van der Waals surface area contributed by atoms with Gasteiger partial charge >= 0.3 is 6.18 Å². The highest BCUT2D eigenvalue weighted by Gasteiger charge is 2.32. The molecule has 0 radical (unpaired) electrons. The molecule has 1 aliphatic rings. The molecule has 0 bridgehead atoms. The van der Waals surface area contributed by atoms with Crippen LogP contribution in [0.1, 0.15) is 15.9 Å². The number of rotatable bonds is 7. The minimum Gasteiger partial charge on any atom is -0.369 e. The Morgan fingerprint density at radius 1 is 1.06 bits per heavy atom. The average Bonchev–Trinajstić information content (AvgIpc) is 2.78. The maximum atomic E-state index is 12.9. The molecule has 11 heteroatoms. The number of thioether (sulfide) groups is 1. The average molecular weight is 488 g/mol. The van der Waals surface area contributed by atoms with Crippen molar-refractivity contribution >= 4 is 33.4 Å². The van der Waals surface area contributed by atoms with Crippen LogP contribution in [0.3, 0.4) is 0 Å². The molecule has 1 N–H and O–H groups in total. The van der Waals surface area contributed by atoms with Gasteiger partial charge in [0.05, 0.1) is 16.9 Å². The van der Waals surface area contributed by atoms with Gasteiger partial charge in [0.25, 0.3) is 5.91 Å². The highest BCUT2D eigenvalue weighted by Crippen LogP contribution is 2.32. The van der Waals surface area contributed by atoms with Crippen LogP contribution in [0.15, 0.2) is 53.4 Å². The second kappa shape index (κ2) is 10.1. The van der Waals surface area contributed by atoms with Crippen molar-refractivity contribution in [2.24, 2.45) is 0 Å². The molecule has 2 aromatic carbocycles. The molecule has 1 heterocycles. The van der Waals surface area contributed by atoms with E-state index >= 15 is 0 Å². The first-order chi connectivity index (χ1) is 15.1. The summed E-state index contributed by atoms with van der Waals surface area (Å²) in [6, 6.07) is 12.1. The standard InChI is InChI=1S/C21H24F3N3O3S2/c1-31-19-8-3-2-7-18(19)20(28)25-9-14-32(29,30)27-12-10-26(11-13-27)17-6-4-5-16(15-17)21(22,23)24/h2-8,15H,9-14H2,1H3,(H,25,28). The lowest BCUT2D eigenvalue weighted by Crippen LogP contribution is -2.50. The van der Waals surface area contributed by atoms with Crippen LogP contribution < -0.4 is 10.2 Å². The molecule has 0 aromatic heterocycles. The van der Waals surface area contributed by atoms with Crippen LogP contribution in [0.5, 0.6) is 0 Å². The highest BCUT2D eigenvalue weighted by molar-refractivity contribution is 7.98. The lowest BCUT2D eigenvalue weighted by Gasteiger charge is -2.35. The molecule has 0 unspecified atom stereocenters. The van der Waals surface area contributed by atoms with Gasteiger partial charge in [-0.3, -0.25) is 4.79 Å². The summed E-state index contributed by atoms with van der Waals surface area (Å²) in [5.74, 6) is -0.580.